The molecular weight excluding hydrogens is 450 g/mol. The van der Waals surface area contributed by atoms with Gasteiger partial charge >= 0.3 is 5.69 Å². The average Bonchev–Trinajstić information content (AvgIpc) is 3.08. The summed E-state index contributed by atoms with van der Waals surface area (Å²) < 4.78 is 4.58. The maximum Gasteiger partial charge on any atom is 0.332 e. The largest absolute Gasteiger partial charge is 0.369 e. The van der Waals surface area contributed by atoms with E-state index in [0.717, 1.165) is 14.6 Å². The molecule has 2 aromatic carbocycles. The van der Waals surface area contributed by atoms with Crippen LogP contribution in [-0.4, -0.2) is 24.5 Å². The van der Waals surface area contributed by atoms with Gasteiger partial charge in [-0.15, -0.1) is 0 Å². The number of carbonyl (C=O) groups is 1. The second-order valence-electron chi connectivity index (χ2n) is 6.84. The number of imidazole rings is 1. The van der Waals surface area contributed by atoms with Crippen LogP contribution in [-0.2, 0) is 20.1 Å². The van der Waals surface area contributed by atoms with Crippen LogP contribution in [0.4, 0.5) is 5.95 Å². The molecule has 0 atom stereocenters. The van der Waals surface area contributed by atoms with Crippen LogP contribution in [0.1, 0.15) is 15.9 Å². The van der Waals surface area contributed by atoms with Gasteiger partial charge in [0.25, 0.3) is 5.56 Å². The molecule has 0 aliphatic rings. The van der Waals surface area contributed by atoms with Gasteiger partial charge in [-0.3, -0.25) is 18.7 Å². The lowest BCUT2D eigenvalue weighted by Crippen LogP contribution is -2.41. The minimum absolute atomic E-state index is 0.111. The number of hydrogen-bond acceptors (Lipinski definition) is 5. The van der Waals surface area contributed by atoms with Crippen molar-refractivity contribution in [3.63, 3.8) is 0 Å². The third kappa shape index (κ3) is 3.37. The number of Topliss-reactive ketones (excluding diaryl/α,β-unsaturated/α-hetero) is 1. The molecule has 0 spiro atoms. The second-order valence-corrected chi connectivity index (χ2v) is 7.70. The molecule has 30 heavy (non-hydrogen) atoms. The molecular formula is C21H18BrN5O3. The van der Waals surface area contributed by atoms with Crippen molar-refractivity contribution in [3.8, 4) is 0 Å². The third-order valence-electron chi connectivity index (χ3n) is 4.95. The summed E-state index contributed by atoms with van der Waals surface area (Å²) >= 11 is 3.49. The van der Waals surface area contributed by atoms with Crippen molar-refractivity contribution in [1.82, 2.24) is 18.7 Å². The van der Waals surface area contributed by atoms with Gasteiger partial charge in [0.05, 0.1) is 13.1 Å². The zero-order chi connectivity index (χ0) is 21.4. The Morgan fingerprint density at radius 1 is 1.03 bits per heavy atom. The fraction of sp³-hybridized carbons (Fsp3) is 0.143. The number of hydrogen-bond donors (Lipinski definition) is 1. The van der Waals surface area contributed by atoms with Crippen LogP contribution < -0.4 is 17.0 Å². The molecule has 4 rings (SSSR count). The van der Waals surface area contributed by atoms with E-state index in [-0.39, 0.29) is 36.0 Å². The quantitative estimate of drug-likeness (QED) is 0.452. The van der Waals surface area contributed by atoms with Gasteiger partial charge < -0.3 is 10.3 Å². The predicted octanol–water partition coefficient (Wildman–Crippen LogP) is 2.17. The van der Waals surface area contributed by atoms with Crippen molar-refractivity contribution in [2.75, 3.05) is 5.73 Å². The fourth-order valence-corrected chi connectivity index (χ4v) is 3.75. The van der Waals surface area contributed by atoms with Gasteiger partial charge in [-0.2, -0.15) is 4.98 Å². The first-order chi connectivity index (χ1) is 14.4. The van der Waals surface area contributed by atoms with E-state index in [1.54, 1.807) is 34.9 Å². The lowest BCUT2D eigenvalue weighted by Gasteiger charge is -2.11. The van der Waals surface area contributed by atoms with Crippen LogP contribution >= 0.6 is 15.9 Å². The normalized spacial score (nSPS) is 11.1. The number of carbonyl (C=O) groups excluding carboxylic acids is 1. The maximum absolute atomic E-state index is 13.2. The van der Waals surface area contributed by atoms with Crippen molar-refractivity contribution in [2.45, 2.75) is 13.1 Å². The minimum Gasteiger partial charge on any atom is -0.369 e. The van der Waals surface area contributed by atoms with Gasteiger partial charge in [0.15, 0.2) is 16.9 Å². The van der Waals surface area contributed by atoms with E-state index in [1.165, 1.54) is 11.6 Å². The van der Waals surface area contributed by atoms with Gasteiger partial charge in [-0.25, -0.2) is 4.79 Å². The summed E-state index contributed by atoms with van der Waals surface area (Å²) in [6.07, 6.45) is 0. The van der Waals surface area contributed by atoms with E-state index in [0.29, 0.717) is 5.56 Å². The average molecular weight is 468 g/mol. The van der Waals surface area contributed by atoms with Crippen LogP contribution in [0.2, 0.25) is 0 Å². The number of nitrogens with zero attached hydrogens (tertiary/aromatic N) is 4. The Morgan fingerprint density at radius 3 is 2.40 bits per heavy atom. The van der Waals surface area contributed by atoms with Crippen LogP contribution in [0.15, 0.2) is 68.7 Å². The van der Waals surface area contributed by atoms with Crippen LogP contribution in [0.25, 0.3) is 11.2 Å². The lowest BCUT2D eigenvalue weighted by molar-refractivity contribution is 0.0969. The molecule has 0 aliphatic heterocycles. The molecule has 0 bridgehead atoms. The highest BCUT2D eigenvalue weighted by Gasteiger charge is 2.21. The van der Waals surface area contributed by atoms with Crippen molar-refractivity contribution >= 4 is 38.8 Å². The van der Waals surface area contributed by atoms with Crippen LogP contribution in [0.3, 0.4) is 0 Å². The molecule has 0 fully saturated rings. The number of halogens is 1. The highest BCUT2D eigenvalue weighted by molar-refractivity contribution is 9.10. The number of ketones is 1. The summed E-state index contributed by atoms with van der Waals surface area (Å²) in [6.45, 7) is -0.0879. The van der Waals surface area contributed by atoms with E-state index in [2.05, 4.69) is 20.9 Å². The summed E-state index contributed by atoms with van der Waals surface area (Å²) in [5, 5.41) is 0. The van der Waals surface area contributed by atoms with E-state index in [9.17, 15) is 14.4 Å². The van der Waals surface area contributed by atoms with Crippen LogP contribution in [0, 0.1) is 0 Å². The first-order valence-corrected chi connectivity index (χ1v) is 9.95. The first kappa shape index (κ1) is 19.8. The summed E-state index contributed by atoms with van der Waals surface area (Å²) in [5.74, 6) is -0.223. The molecule has 0 amide bonds. The third-order valence-corrected chi connectivity index (χ3v) is 5.72. The standard InChI is InChI=1S/C21H18BrN5O3/c1-25-18-17(26(20(23)24-18)11-14-9-5-6-10-15(14)22)19(29)27(21(25)30)12-16(28)13-7-3-2-4-8-13/h2-10H,11-12H2,1H3,(H2,23,24). The highest BCUT2D eigenvalue weighted by Crippen LogP contribution is 2.21. The number of nitrogens with two attached hydrogens (primary N) is 1. The Morgan fingerprint density at radius 2 is 1.70 bits per heavy atom. The summed E-state index contributed by atoms with van der Waals surface area (Å²) in [6, 6.07) is 16.1. The zero-order valence-corrected chi connectivity index (χ0v) is 17.7. The number of fused-ring (bicyclic) bond motifs is 1. The summed E-state index contributed by atoms with van der Waals surface area (Å²) in [7, 11) is 1.50. The Hall–Kier alpha value is -3.46. The van der Waals surface area contributed by atoms with Gasteiger partial charge in [0.2, 0.25) is 5.95 Å². The monoisotopic (exact) mass is 467 g/mol. The van der Waals surface area contributed by atoms with Crippen molar-refractivity contribution in [2.24, 2.45) is 7.05 Å². The van der Waals surface area contributed by atoms with Crippen LogP contribution in [0.5, 0.6) is 0 Å². The van der Waals surface area contributed by atoms with Gasteiger partial charge in [0, 0.05) is 17.1 Å². The Kier molecular flexibility index (Phi) is 5.13. The number of aromatic nitrogens is 4. The molecule has 152 valence electrons. The molecule has 4 aromatic rings. The molecule has 0 unspecified atom stereocenters. The van der Waals surface area contributed by atoms with E-state index in [4.69, 9.17) is 5.73 Å². The molecule has 8 nitrogen and oxygen atoms in total. The van der Waals surface area contributed by atoms with Gasteiger partial charge in [-0.05, 0) is 11.6 Å². The summed E-state index contributed by atoms with van der Waals surface area (Å²) in [4.78, 5) is 42.9. The van der Waals surface area contributed by atoms with Gasteiger partial charge in [0.1, 0.15) is 0 Å². The molecule has 0 saturated carbocycles. The number of benzene rings is 2. The lowest BCUT2D eigenvalue weighted by atomic mass is 10.1. The zero-order valence-electron chi connectivity index (χ0n) is 16.1. The van der Waals surface area contributed by atoms with E-state index in [1.807, 2.05) is 24.3 Å². The van der Waals surface area contributed by atoms with E-state index >= 15 is 0 Å². The maximum atomic E-state index is 13.2. The topological polar surface area (TPSA) is 105 Å². The van der Waals surface area contributed by atoms with E-state index < -0.39 is 11.2 Å². The second kappa shape index (κ2) is 7.75. The summed E-state index contributed by atoms with van der Waals surface area (Å²) in [5.41, 5.74) is 6.53. The minimum atomic E-state index is -0.623. The molecule has 0 saturated heterocycles. The first-order valence-electron chi connectivity index (χ1n) is 9.15. The number of rotatable bonds is 5. The molecule has 0 radical (unpaired) electrons. The smallest absolute Gasteiger partial charge is 0.332 e. The molecule has 2 heterocycles. The molecule has 0 aliphatic carbocycles. The van der Waals surface area contributed by atoms with Gasteiger partial charge in [-0.1, -0.05) is 64.5 Å². The predicted molar refractivity (Wildman–Crippen MR) is 118 cm³/mol. The SMILES string of the molecule is Cn1c(=O)n(CC(=O)c2ccccc2)c(=O)c2c1nc(N)n2Cc1ccccc1Br. The fourth-order valence-electron chi connectivity index (χ4n) is 3.34. The molecule has 9 heteroatoms. The Labute approximate surface area is 179 Å². The van der Waals surface area contributed by atoms with Crippen molar-refractivity contribution in [3.05, 3.63) is 91.0 Å². The Bertz CT molecular complexity index is 1390. The molecule has 2 N–H and O–H groups in total. The highest BCUT2D eigenvalue weighted by atomic mass is 79.9. The number of aryl methyl sites for hydroxylation is 1. The van der Waals surface area contributed by atoms with Crippen molar-refractivity contribution in [1.29, 1.82) is 0 Å². The van der Waals surface area contributed by atoms with Crippen molar-refractivity contribution < 1.29 is 4.79 Å². The number of nitrogen functional groups attached to an aromatic ring is 1. The molecule has 2 aromatic heterocycles. The number of anilines is 1. The Balaban J connectivity index is 1.87.